The molecule has 0 amide bonds. The Morgan fingerprint density at radius 1 is 0.844 bits per heavy atom. The Bertz CT molecular complexity index is 927. The minimum absolute atomic E-state index is 0.0146. The van der Waals surface area contributed by atoms with E-state index in [0.717, 1.165) is 12.8 Å². The normalized spacial score (nSPS) is 23.1. The molecule has 3 aromatic carbocycles. The van der Waals surface area contributed by atoms with Crippen molar-refractivity contribution < 1.29 is 9.35 Å². The van der Waals surface area contributed by atoms with E-state index in [-0.39, 0.29) is 21.7 Å². The van der Waals surface area contributed by atoms with Gasteiger partial charge in [-0.2, -0.15) is 0 Å². The second-order valence-corrected chi connectivity index (χ2v) is 11.7. The van der Waals surface area contributed by atoms with Gasteiger partial charge in [0.1, 0.15) is 5.78 Å². The maximum atomic E-state index is 11.8. The van der Waals surface area contributed by atoms with Gasteiger partial charge in [0.05, 0.1) is 10.9 Å². The van der Waals surface area contributed by atoms with Gasteiger partial charge in [0.25, 0.3) is 0 Å². The lowest BCUT2D eigenvalue weighted by atomic mass is 9.70. The zero-order valence-corrected chi connectivity index (χ0v) is 20.3. The van der Waals surface area contributed by atoms with Crippen LogP contribution in [-0.4, -0.2) is 16.1 Å². The van der Waals surface area contributed by atoms with Crippen LogP contribution in [0.5, 0.6) is 0 Å². The lowest BCUT2D eigenvalue weighted by Crippen LogP contribution is -2.38. The molecule has 0 heterocycles. The highest BCUT2D eigenvalue weighted by atomic mass is 32.2. The number of benzene rings is 3. The van der Waals surface area contributed by atoms with Crippen LogP contribution < -0.4 is 0 Å². The number of hydrogen-bond acceptors (Lipinski definition) is 3. The summed E-state index contributed by atoms with van der Waals surface area (Å²) in [5.74, 6) is 1.36. The van der Waals surface area contributed by atoms with Crippen LogP contribution in [0.25, 0.3) is 0 Å². The highest BCUT2D eigenvalue weighted by Gasteiger charge is 2.63. The number of rotatable bonds is 5. The maximum absolute atomic E-state index is 11.8. The topological polar surface area (TPSA) is 40.1 Å². The molecule has 2 atom stereocenters. The van der Waals surface area contributed by atoms with Gasteiger partial charge in [-0.15, -0.1) is 0 Å². The SMILES string of the molecule is CC1(C)C2CCC1(CS[O-])C(=O)C2.c1ccc([S+](c2ccccc2)c2ccccc2)cc1. The molecule has 2 aliphatic rings. The maximum Gasteiger partial charge on any atom is 0.166 e. The summed E-state index contributed by atoms with van der Waals surface area (Å²) in [6.45, 7) is 4.32. The molecule has 2 nitrogen and oxygen atoms in total. The Labute approximate surface area is 199 Å². The third-order valence-corrected chi connectivity index (χ3v) is 10.2. The van der Waals surface area contributed by atoms with E-state index in [1.807, 2.05) is 0 Å². The summed E-state index contributed by atoms with van der Waals surface area (Å²) in [5, 5.41) is 0. The molecule has 0 aliphatic heterocycles. The fourth-order valence-corrected chi connectivity index (χ4v) is 8.27. The van der Waals surface area contributed by atoms with E-state index < -0.39 is 0 Å². The molecule has 0 N–H and O–H groups in total. The monoisotopic (exact) mass is 462 g/mol. The quantitative estimate of drug-likeness (QED) is 0.302. The van der Waals surface area contributed by atoms with Crippen molar-refractivity contribution in [2.24, 2.45) is 16.7 Å². The van der Waals surface area contributed by atoms with Gasteiger partial charge >= 0.3 is 0 Å². The molecule has 2 saturated carbocycles. The fraction of sp³-hybridized carbons (Fsp3) is 0.321. The van der Waals surface area contributed by atoms with Gasteiger partial charge in [0.2, 0.25) is 0 Å². The van der Waals surface area contributed by atoms with Crippen molar-refractivity contribution in [1.29, 1.82) is 0 Å². The molecule has 2 aliphatic carbocycles. The molecule has 5 rings (SSSR count). The molecule has 2 unspecified atom stereocenters. The highest BCUT2D eigenvalue weighted by molar-refractivity contribution is 7.97. The molecule has 4 heteroatoms. The Morgan fingerprint density at radius 3 is 1.59 bits per heavy atom. The first kappa shape index (κ1) is 23.2. The van der Waals surface area contributed by atoms with Crippen molar-refractivity contribution in [1.82, 2.24) is 0 Å². The number of hydrogen-bond donors (Lipinski definition) is 0. The van der Waals surface area contributed by atoms with Crippen molar-refractivity contribution in [3.05, 3.63) is 91.0 Å². The number of carbonyl (C=O) groups is 1. The smallest absolute Gasteiger partial charge is 0.166 e. The summed E-state index contributed by atoms with van der Waals surface area (Å²) < 4.78 is 10.7. The summed E-state index contributed by atoms with van der Waals surface area (Å²) >= 11 is 0.584. The lowest BCUT2D eigenvalue weighted by Gasteiger charge is -2.37. The number of ketones is 1. The van der Waals surface area contributed by atoms with Crippen molar-refractivity contribution in [3.8, 4) is 0 Å². The third kappa shape index (κ3) is 4.28. The van der Waals surface area contributed by atoms with Gasteiger partial charge in [-0.25, -0.2) is 0 Å². The van der Waals surface area contributed by atoms with Crippen LogP contribution in [0.4, 0.5) is 0 Å². The summed E-state index contributed by atoms with van der Waals surface area (Å²) in [4.78, 5) is 15.9. The summed E-state index contributed by atoms with van der Waals surface area (Å²) in [7, 11) is -0.0146. The Kier molecular flexibility index (Phi) is 7.14. The van der Waals surface area contributed by atoms with Crippen LogP contribution in [0.2, 0.25) is 0 Å². The van der Waals surface area contributed by atoms with E-state index in [1.165, 1.54) is 14.7 Å². The average molecular weight is 463 g/mol. The van der Waals surface area contributed by atoms with Crippen molar-refractivity contribution in [2.45, 2.75) is 47.8 Å². The Morgan fingerprint density at radius 2 is 1.28 bits per heavy atom. The second kappa shape index (κ2) is 9.86. The van der Waals surface area contributed by atoms with Gasteiger partial charge in [0, 0.05) is 11.8 Å². The molecule has 0 radical (unpaired) electrons. The van der Waals surface area contributed by atoms with Crippen LogP contribution in [-0.2, 0) is 15.7 Å². The Hall–Kier alpha value is -2.01. The zero-order valence-electron chi connectivity index (χ0n) is 18.7. The molecule has 0 saturated heterocycles. The lowest BCUT2D eigenvalue weighted by molar-refractivity contribution is -0.127. The van der Waals surface area contributed by atoms with Gasteiger partial charge in [0.15, 0.2) is 14.7 Å². The first-order chi connectivity index (χ1) is 15.5. The average Bonchev–Trinajstić information content (AvgIpc) is 3.17. The molecular weight excluding hydrogens is 432 g/mol. The van der Waals surface area contributed by atoms with Crippen LogP contribution in [0, 0.1) is 16.7 Å². The molecule has 166 valence electrons. The molecule has 3 aromatic rings. The first-order valence-electron chi connectivity index (χ1n) is 11.2. The van der Waals surface area contributed by atoms with E-state index in [9.17, 15) is 9.35 Å². The van der Waals surface area contributed by atoms with Crippen molar-refractivity contribution in [2.75, 3.05) is 5.75 Å². The van der Waals surface area contributed by atoms with Gasteiger partial charge < -0.3 is 4.55 Å². The van der Waals surface area contributed by atoms with Gasteiger partial charge in [-0.3, -0.25) is 16.8 Å². The van der Waals surface area contributed by atoms with E-state index in [1.54, 1.807) is 0 Å². The predicted molar refractivity (Wildman–Crippen MR) is 133 cm³/mol. The predicted octanol–water partition coefficient (Wildman–Crippen LogP) is 7.03. The minimum atomic E-state index is -0.274. The number of Topliss-reactive ketones (excluding diaryl/α,β-unsaturated/α-hetero) is 1. The highest BCUT2D eigenvalue weighted by Crippen LogP contribution is 2.64. The molecule has 32 heavy (non-hydrogen) atoms. The zero-order chi connectivity index (χ0) is 22.6. The van der Waals surface area contributed by atoms with Gasteiger partial charge in [-0.1, -0.05) is 68.4 Å². The van der Waals surface area contributed by atoms with Crippen LogP contribution in [0.3, 0.4) is 0 Å². The van der Waals surface area contributed by atoms with E-state index >= 15 is 0 Å². The molecule has 0 spiro atoms. The number of fused-ring (bicyclic) bond motifs is 2. The summed E-state index contributed by atoms with van der Waals surface area (Å²) in [5.41, 5.74) is -0.203. The van der Waals surface area contributed by atoms with Crippen molar-refractivity contribution in [3.63, 3.8) is 0 Å². The van der Waals surface area contributed by atoms with Crippen LogP contribution in [0.15, 0.2) is 106 Å². The second-order valence-electron chi connectivity index (χ2n) is 9.17. The standard InChI is InChI=1S/C18H15S.C10H16O2S/c1-4-10-16(11-5-1)19(17-12-6-2-7-13-17)18-14-8-3-9-15-18;1-9(2)7-3-4-10(9,6-13-12)8(11)5-7/h1-15H;7,12H,3-6H2,1-2H3/q+1;/p-1. The van der Waals surface area contributed by atoms with E-state index in [4.69, 9.17) is 0 Å². The molecular formula is C28H30O2S2. The van der Waals surface area contributed by atoms with Gasteiger partial charge in [-0.05, 0) is 66.3 Å². The molecule has 2 fully saturated rings. The Balaban J connectivity index is 0.000000165. The number of carbonyl (C=O) groups excluding carboxylic acids is 1. The minimum Gasteiger partial charge on any atom is -0.799 e. The van der Waals surface area contributed by atoms with Crippen molar-refractivity contribution >= 4 is 28.7 Å². The van der Waals surface area contributed by atoms with E-state index in [0.29, 0.717) is 35.9 Å². The molecule has 2 bridgehead atoms. The summed E-state index contributed by atoms with van der Waals surface area (Å²) in [6.07, 6.45) is 2.80. The molecule has 0 aromatic heterocycles. The van der Waals surface area contributed by atoms with Crippen LogP contribution >= 0.6 is 12.0 Å². The fourth-order valence-electron chi connectivity index (χ4n) is 5.29. The first-order valence-corrected chi connectivity index (χ1v) is 13.3. The summed E-state index contributed by atoms with van der Waals surface area (Å²) in [6, 6.07) is 32.2. The van der Waals surface area contributed by atoms with E-state index in [2.05, 4.69) is 105 Å². The van der Waals surface area contributed by atoms with Crippen LogP contribution in [0.1, 0.15) is 33.1 Å². The third-order valence-electron chi connectivity index (χ3n) is 7.38. The largest absolute Gasteiger partial charge is 0.799 e.